The Morgan fingerprint density at radius 3 is 2.80 bits per heavy atom. The lowest BCUT2D eigenvalue weighted by atomic mass is 10.1. The first-order chi connectivity index (χ1) is 9.74. The van der Waals surface area contributed by atoms with E-state index >= 15 is 0 Å². The van der Waals surface area contributed by atoms with E-state index in [9.17, 15) is 0 Å². The molecule has 4 heteroatoms. The van der Waals surface area contributed by atoms with E-state index in [-0.39, 0.29) is 0 Å². The molecule has 0 saturated carbocycles. The van der Waals surface area contributed by atoms with Crippen molar-refractivity contribution < 1.29 is 4.74 Å². The highest BCUT2D eigenvalue weighted by Crippen LogP contribution is 2.25. The Labute approximate surface area is 122 Å². The fourth-order valence-corrected chi connectivity index (χ4v) is 2.21. The Hall–Kier alpha value is -2.13. The van der Waals surface area contributed by atoms with Crippen molar-refractivity contribution in [1.29, 1.82) is 0 Å². The van der Waals surface area contributed by atoms with E-state index in [4.69, 9.17) is 16.3 Å². The number of ether oxygens (including phenoxy) is 1. The van der Waals surface area contributed by atoms with E-state index in [0.29, 0.717) is 17.5 Å². The van der Waals surface area contributed by atoms with Crippen LogP contribution in [0, 0.1) is 6.92 Å². The van der Waals surface area contributed by atoms with Crippen molar-refractivity contribution in [1.82, 2.24) is 9.97 Å². The van der Waals surface area contributed by atoms with Gasteiger partial charge in [-0.15, -0.1) is 0 Å². The molecule has 0 fully saturated rings. The van der Waals surface area contributed by atoms with Gasteiger partial charge in [-0.05, 0) is 36.2 Å². The molecule has 0 aliphatic carbocycles. The topological polar surface area (TPSA) is 35.0 Å². The summed E-state index contributed by atoms with van der Waals surface area (Å²) in [5.74, 6) is 0.579. The molecule has 3 rings (SSSR count). The summed E-state index contributed by atoms with van der Waals surface area (Å²) >= 11 is 5.96. The van der Waals surface area contributed by atoms with Crippen LogP contribution in [-0.4, -0.2) is 9.97 Å². The maximum absolute atomic E-state index is 5.96. The van der Waals surface area contributed by atoms with Crippen LogP contribution in [0.4, 0.5) is 0 Å². The molecule has 3 nitrogen and oxygen atoms in total. The van der Waals surface area contributed by atoms with Crippen molar-refractivity contribution in [2.24, 2.45) is 0 Å². The maximum Gasteiger partial charge on any atom is 0.224 e. The quantitative estimate of drug-likeness (QED) is 0.724. The summed E-state index contributed by atoms with van der Waals surface area (Å²) in [6.45, 7) is 2.55. The minimum absolute atomic E-state index is 0.488. The number of aromatic nitrogens is 2. The third-order valence-corrected chi connectivity index (χ3v) is 3.42. The highest BCUT2D eigenvalue weighted by molar-refractivity contribution is 6.31. The fraction of sp³-hybridized carbons (Fsp3) is 0.125. The minimum atomic E-state index is 0.488. The number of rotatable bonds is 3. The highest BCUT2D eigenvalue weighted by atomic mass is 35.5. The fourth-order valence-electron chi connectivity index (χ4n) is 2.04. The zero-order valence-corrected chi connectivity index (χ0v) is 11.8. The summed E-state index contributed by atoms with van der Waals surface area (Å²) in [4.78, 5) is 8.40. The summed E-state index contributed by atoms with van der Waals surface area (Å²) in [6, 6.07) is 13.6. The Morgan fingerprint density at radius 1 is 1.10 bits per heavy atom. The molecule has 0 bridgehead atoms. The first-order valence-electron chi connectivity index (χ1n) is 6.31. The summed E-state index contributed by atoms with van der Waals surface area (Å²) < 4.78 is 5.83. The number of hydrogen-bond acceptors (Lipinski definition) is 3. The van der Waals surface area contributed by atoms with Crippen molar-refractivity contribution in [3.8, 4) is 5.88 Å². The first kappa shape index (κ1) is 12.9. The lowest BCUT2D eigenvalue weighted by Crippen LogP contribution is -2.00. The summed E-state index contributed by atoms with van der Waals surface area (Å²) in [7, 11) is 0. The second-order valence-electron chi connectivity index (χ2n) is 4.56. The molecule has 0 aliphatic rings. The van der Waals surface area contributed by atoms with Crippen molar-refractivity contribution in [3.05, 3.63) is 64.9 Å². The van der Waals surface area contributed by atoms with Crippen LogP contribution < -0.4 is 4.74 Å². The van der Waals surface area contributed by atoms with Crippen molar-refractivity contribution >= 4 is 22.5 Å². The van der Waals surface area contributed by atoms with Gasteiger partial charge in [-0.2, -0.15) is 0 Å². The molecular formula is C16H13ClN2O. The van der Waals surface area contributed by atoms with Gasteiger partial charge in [-0.1, -0.05) is 35.9 Å². The van der Waals surface area contributed by atoms with E-state index in [1.165, 1.54) is 11.9 Å². The Morgan fingerprint density at radius 2 is 1.95 bits per heavy atom. The van der Waals surface area contributed by atoms with Gasteiger partial charge in [0.1, 0.15) is 12.9 Å². The van der Waals surface area contributed by atoms with E-state index in [0.717, 1.165) is 16.5 Å². The van der Waals surface area contributed by atoms with Gasteiger partial charge < -0.3 is 4.74 Å². The Balaban J connectivity index is 1.90. The number of fused-ring (bicyclic) bond motifs is 1. The molecule has 0 aliphatic heterocycles. The number of aryl methyl sites for hydroxylation is 1. The van der Waals surface area contributed by atoms with Crippen LogP contribution in [0.5, 0.6) is 5.88 Å². The molecule has 0 spiro atoms. The second kappa shape index (κ2) is 5.47. The lowest BCUT2D eigenvalue weighted by molar-refractivity contribution is 0.297. The van der Waals surface area contributed by atoms with Crippen LogP contribution >= 0.6 is 11.6 Å². The standard InChI is InChI=1S/C16H13ClN2O/c1-11-4-2-3-5-12(11)9-20-16-14-7-6-13(17)8-15(14)18-10-19-16/h2-8,10H,9H2,1H3. The van der Waals surface area contributed by atoms with Crippen LogP contribution in [0.1, 0.15) is 11.1 Å². The normalized spacial score (nSPS) is 10.7. The summed E-state index contributed by atoms with van der Waals surface area (Å²) in [5, 5.41) is 1.52. The third-order valence-electron chi connectivity index (χ3n) is 3.19. The van der Waals surface area contributed by atoms with Crippen molar-refractivity contribution in [2.45, 2.75) is 13.5 Å². The molecular weight excluding hydrogens is 272 g/mol. The van der Waals surface area contributed by atoms with Gasteiger partial charge in [-0.25, -0.2) is 9.97 Å². The molecule has 0 unspecified atom stereocenters. The zero-order chi connectivity index (χ0) is 13.9. The molecule has 100 valence electrons. The molecule has 3 aromatic rings. The SMILES string of the molecule is Cc1ccccc1COc1ncnc2cc(Cl)ccc12. The monoisotopic (exact) mass is 284 g/mol. The molecule has 0 amide bonds. The predicted octanol–water partition coefficient (Wildman–Crippen LogP) is 4.17. The number of nitrogens with zero attached hydrogens (tertiary/aromatic N) is 2. The van der Waals surface area contributed by atoms with Crippen molar-refractivity contribution in [3.63, 3.8) is 0 Å². The van der Waals surface area contributed by atoms with Gasteiger partial charge in [0, 0.05) is 5.02 Å². The molecule has 0 N–H and O–H groups in total. The molecule has 20 heavy (non-hydrogen) atoms. The predicted molar refractivity (Wildman–Crippen MR) is 80.1 cm³/mol. The van der Waals surface area contributed by atoms with Crippen LogP contribution in [0.15, 0.2) is 48.8 Å². The zero-order valence-electron chi connectivity index (χ0n) is 11.0. The largest absolute Gasteiger partial charge is 0.472 e. The van der Waals surface area contributed by atoms with Gasteiger partial charge in [0.2, 0.25) is 5.88 Å². The average Bonchev–Trinajstić information content (AvgIpc) is 2.46. The van der Waals surface area contributed by atoms with Crippen LogP contribution in [0.2, 0.25) is 5.02 Å². The molecule has 1 aromatic heterocycles. The third kappa shape index (κ3) is 2.58. The van der Waals surface area contributed by atoms with E-state index in [1.807, 2.05) is 24.3 Å². The number of hydrogen-bond donors (Lipinski definition) is 0. The molecule has 2 aromatic carbocycles. The average molecular weight is 285 g/mol. The van der Waals surface area contributed by atoms with Gasteiger partial charge >= 0.3 is 0 Å². The van der Waals surface area contributed by atoms with Crippen molar-refractivity contribution in [2.75, 3.05) is 0 Å². The maximum atomic E-state index is 5.96. The van der Waals surface area contributed by atoms with Gasteiger partial charge in [-0.3, -0.25) is 0 Å². The Bertz CT molecular complexity index is 758. The summed E-state index contributed by atoms with van der Waals surface area (Å²) in [6.07, 6.45) is 1.49. The lowest BCUT2D eigenvalue weighted by Gasteiger charge is -2.09. The van der Waals surface area contributed by atoms with E-state index < -0.39 is 0 Å². The number of halogens is 1. The molecule has 0 radical (unpaired) electrons. The molecule has 1 heterocycles. The Kier molecular flexibility index (Phi) is 3.52. The molecule has 0 saturated heterocycles. The smallest absolute Gasteiger partial charge is 0.224 e. The van der Waals surface area contributed by atoms with Gasteiger partial charge in [0.15, 0.2) is 0 Å². The second-order valence-corrected chi connectivity index (χ2v) is 4.99. The minimum Gasteiger partial charge on any atom is -0.472 e. The van der Waals surface area contributed by atoms with Gasteiger partial charge in [0.25, 0.3) is 0 Å². The summed E-state index contributed by atoms with van der Waals surface area (Å²) in [5.41, 5.74) is 3.13. The van der Waals surface area contributed by atoms with E-state index in [1.54, 1.807) is 6.07 Å². The first-order valence-corrected chi connectivity index (χ1v) is 6.69. The molecule has 0 atom stereocenters. The number of benzene rings is 2. The van der Waals surface area contributed by atoms with Gasteiger partial charge in [0.05, 0.1) is 10.9 Å². The highest BCUT2D eigenvalue weighted by Gasteiger charge is 2.06. The van der Waals surface area contributed by atoms with Crippen LogP contribution in [0.25, 0.3) is 10.9 Å². The van der Waals surface area contributed by atoms with Crippen LogP contribution in [0.3, 0.4) is 0 Å². The van der Waals surface area contributed by atoms with E-state index in [2.05, 4.69) is 29.0 Å². The van der Waals surface area contributed by atoms with Crippen LogP contribution in [-0.2, 0) is 6.61 Å².